The van der Waals surface area contributed by atoms with Gasteiger partial charge in [0.25, 0.3) is 0 Å². The molecule has 1 aliphatic carbocycles. The second kappa shape index (κ2) is 5.15. The minimum Gasteiger partial charge on any atom is -0.348 e. The Morgan fingerprint density at radius 1 is 0.909 bits per heavy atom. The number of imidazole rings is 1. The predicted octanol–water partition coefficient (Wildman–Crippen LogP) is 5.19. The normalized spacial score (nSPS) is 19.1. The van der Waals surface area contributed by atoms with Gasteiger partial charge in [-0.15, -0.1) is 0 Å². The molecule has 3 aromatic rings. The molecule has 0 spiro atoms. The molecule has 1 aromatic heterocycles. The zero-order valence-electron chi connectivity index (χ0n) is 11.8. The molecule has 1 aliphatic rings. The summed E-state index contributed by atoms with van der Waals surface area (Å²) in [5, 5.41) is 1.51. The van der Waals surface area contributed by atoms with E-state index in [4.69, 9.17) is 23.2 Å². The van der Waals surface area contributed by atoms with Crippen LogP contribution in [-0.4, -0.2) is 9.97 Å². The number of rotatable bonds is 3. The molecule has 2 aromatic carbocycles. The summed E-state index contributed by atoms with van der Waals surface area (Å²) in [6.45, 7) is 0. The minimum atomic E-state index is -0.0486. The number of aromatic amines is 1. The van der Waals surface area contributed by atoms with Crippen LogP contribution in [-0.2, 0) is 5.41 Å². The topological polar surface area (TPSA) is 28.7 Å². The summed E-state index contributed by atoms with van der Waals surface area (Å²) < 4.78 is 0. The molecule has 0 aliphatic heterocycles. The van der Waals surface area contributed by atoms with E-state index < -0.39 is 0 Å². The second-order valence-corrected chi connectivity index (χ2v) is 6.59. The van der Waals surface area contributed by atoms with E-state index in [1.54, 1.807) is 0 Å². The summed E-state index contributed by atoms with van der Waals surface area (Å²) in [5.74, 6) is 1.38. The Labute approximate surface area is 139 Å². The van der Waals surface area contributed by atoms with E-state index >= 15 is 0 Å². The first-order chi connectivity index (χ1) is 10.7. The lowest BCUT2D eigenvalue weighted by Gasteiger charge is -2.19. The van der Waals surface area contributed by atoms with Crippen LogP contribution in [0.4, 0.5) is 0 Å². The van der Waals surface area contributed by atoms with Crippen LogP contribution >= 0.6 is 23.2 Å². The number of benzene rings is 2. The predicted molar refractivity (Wildman–Crippen MR) is 89.6 cm³/mol. The van der Waals surface area contributed by atoms with Crippen molar-refractivity contribution in [3.8, 4) is 0 Å². The van der Waals surface area contributed by atoms with Gasteiger partial charge in [0.1, 0.15) is 5.82 Å². The fraction of sp³-hybridized carbons (Fsp3) is 0.167. The Morgan fingerprint density at radius 3 is 1.91 bits per heavy atom. The molecule has 1 fully saturated rings. The van der Waals surface area contributed by atoms with Crippen LogP contribution in [0.1, 0.15) is 29.3 Å². The molecule has 1 unspecified atom stereocenters. The molecule has 2 nitrogen and oxygen atoms in total. The fourth-order valence-electron chi connectivity index (χ4n) is 3.36. The number of H-pyrrole nitrogens is 1. The summed E-state index contributed by atoms with van der Waals surface area (Å²) >= 11 is 12.1. The van der Waals surface area contributed by atoms with E-state index in [-0.39, 0.29) is 5.41 Å². The average molecular weight is 329 g/mol. The average Bonchev–Trinajstić information content (AvgIpc) is 3.04. The number of halogens is 2. The molecule has 1 saturated carbocycles. The zero-order valence-corrected chi connectivity index (χ0v) is 13.3. The van der Waals surface area contributed by atoms with Crippen LogP contribution in [0.5, 0.6) is 0 Å². The number of aromatic nitrogens is 2. The highest BCUT2D eigenvalue weighted by molar-refractivity contribution is 6.30. The lowest BCUT2D eigenvalue weighted by atomic mass is 9.85. The third-order valence-corrected chi connectivity index (χ3v) is 5.03. The number of hydrogen-bond acceptors (Lipinski definition) is 1. The van der Waals surface area contributed by atoms with Gasteiger partial charge in [0.05, 0.1) is 0 Å². The molecule has 22 heavy (non-hydrogen) atoms. The van der Waals surface area contributed by atoms with Crippen LogP contribution in [0.25, 0.3) is 0 Å². The smallest absolute Gasteiger partial charge is 0.110 e. The quantitative estimate of drug-likeness (QED) is 0.704. The van der Waals surface area contributed by atoms with Crippen LogP contribution in [0.2, 0.25) is 10.0 Å². The molecule has 0 bridgehead atoms. The van der Waals surface area contributed by atoms with Gasteiger partial charge in [0.15, 0.2) is 0 Å². The maximum Gasteiger partial charge on any atom is 0.110 e. The summed E-state index contributed by atoms with van der Waals surface area (Å²) in [7, 11) is 0. The Bertz CT molecular complexity index is 731. The van der Waals surface area contributed by atoms with Gasteiger partial charge in [-0.25, -0.2) is 4.98 Å². The third-order valence-electron chi connectivity index (χ3n) is 4.53. The van der Waals surface area contributed by atoms with Crippen LogP contribution in [0, 0.1) is 0 Å². The second-order valence-electron chi connectivity index (χ2n) is 5.72. The van der Waals surface area contributed by atoms with Crippen LogP contribution in [0.15, 0.2) is 60.9 Å². The van der Waals surface area contributed by atoms with Gasteiger partial charge < -0.3 is 4.98 Å². The van der Waals surface area contributed by atoms with Crippen molar-refractivity contribution in [2.45, 2.75) is 17.8 Å². The molecular weight excluding hydrogens is 315 g/mol. The minimum absolute atomic E-state index is 0.0486. The third kappa shape index (κ3) is 2.15. The monoisotopic (exact) mass is 328 g/mol. The van der Waals surface area contributed by atoms with Crippen molar-refractivity contribution in [2.24, 2.45) is 0 Å². The lowest BCUT2D eigenvalue weighted by molar-refractivity contribution is 0.778. The molecule has 0 saturated heterocycles. The van der Waals surface area contributed by atoms with Gasteiger partial charge in [-0.1, -0.05) is 47.5 Å². The Morgan fingerprint density at radius 2 is 1.45 bits per heavy atom. The highest BCUT2D eigenvalue weighted by Gasteiger charge is 2.58. The first-order valence-electron chi connectivity index (χ1n) is 7.21. The van der Waals surface area contributed by atoms with Crippen LogP contribution in [0.3, 0.4) is 0 Å². The molecule has 1 N–H and O–H groups in total. The SMILES string of the molecule is Clc1ccc(C2(c3ccc(Cl)cc3)CC2c2ncc[nH]2)cc1. The van der Waals surface area contributed by atoms with Gasteiger partial charge in [-0.3, -0.25) is 0 Å². The van der Waals surface area contributed by atoms with Crippen molar-refractivity contribution in [1.29, 1.82) is 0 Å². The van der Waals surface area contributed by atoms with Crippen molar-refractivity contribution < 1.29 is 0 Å². The summed E-state index contributed by atoms with van der Waals surface area (Å²) in [5.41, 5.74) is 2.48. The highest BCUT2D eigenvalue weighted by atomic mass is 35.5. The van der Waals surface area contributed by atoms with E-state index in [2.05, 4.69) is 34.2 Å². The molecule has 110 valence electrons. The molecule has 1 heterocycles. The van der Waals surface area contributed by atoms with E-state index in [9.17, 15) is 0 Å². The standard InChI is InChI=1S/C18H14Cl2N2/c19-14-5-1-12(2-6-14)18(13-3-7-15(20)8-4-13)11-16(18)17-21-9-10-22-17/h1-10,16H,11H2,(H,21,22). The molecule has 0 radical (unpaired) electrons. The number of hydrogen-bond donors (Lipinski definition) is 1. The van der Waals surface area contributed by atoms with Gasteiger partial charge in [0, 0.05) is 33.8 Å². The highest BCUT2D eigenvalue weighted by Crippen LogP contribution is 2.63. The summed E-state index contributed by atoms with van der Waals surface area (Å²) in [6.07, 6.45) is 4.72. The van der Waals surface area contributed by atoms with Crippen molar-refractivity contribution >= 4 is 23.2 Å². The van der Waals surface area contributed by atoms with Crippen molar-refractivity contribution in [3.05, 3.63) is 87.9 Å². The van der Waals surface area contributed by atoms with E-state index in [0.717, 1.165) is 22.3 Å². The summed E-state index contributed by atoms with van der Waals surface area (Å²) in [6, 6.07) is 16.2. The van der Waals surface area contributed by atoms with E-state index in [1.165, 1.54) is 11.1 Å². The molecule has 4 rings (SSSR count). The van der Waals surface area contributed by atoms with Gasteiger partial charge >= 0.3 is 0 Å². The largest absolute Gasteiger partial charge is 0.348 e. The molecule has 4 heteroatoms. The Kier molecular flexibility index (Phi) is 3.24. The summed E-state index contributed by atoms with van der Waals surface area (Å²) in [4.78, 5) is 7.70. The number of nitrogens with one attached hydrogen (secondary N) is 1. The Hall–Kier alpha value is -1.77. The van der Waals surface area contributed by atoms with Crippen molar-refractivity contribution in [3.63, 3.8) is 0 Å². The van der Waals surface area contributed by atoms with Crippen molar-refractivity contribution in [2.75, 3.05) is 0 Å². The number of nitrogens with zero attached hydrogens (tertiary/aromatic N) is 1. The van der Waals surface area contributed by atoms with Crippen LogP contribution < -0.4 is 0 Å². The zero-order chi connectivity index (χ0) is 15.2. The maximum absolute atomic E-state index is 6.05. The van der Waals surface area contributed by atoms with E-state index in [0.29, 0.717) is 5.92 Å². The van der Waals surface area contributed by atoms with Gasteiger partial charge in [-0.05, 0) is 41.8 Å². The lowest BCUT2D eigenvalue weighted by Crippen LogP contribution is -2.12. The Balaban J connectivity index is 1.83. The first kappa shape index (κ1) is 13.9. The molecular formula is C18H14Cl2N2. The fourth-order valence-corrected chi connectivity index (χ4v) is 3.61. The maximum atomic E-state index is 6.05. The van der Waals surface area contributed by atoms with Gasteiger partial charge in [-0.2, -0.15) is 0 Å². The first-order valence-corrected chi connectivity index (χ1v) is 7.97. The molecule has 1 atom stereocenters. The molecule has 0 amide bonds. The van der Waals surface area contributed by atoms with Gasteiger partial charge in [0.2, 0.25) is 0 Å². The van der Waals surface area contributed by atoms with Crippen molar-refractivity contribution in [1.82, 2.24) is 9.97 Å². The van der Waals surface area contributed by atoms with E-state index in [1.807, 2.05) is 36.7 Å².